The Morgan fingerprint density at radius 3 is 0.938 bits per heavy atom. The molecule has 0 unspecified atom stereocenters. The predicted molar refractivity (Wildman–Crippen MR) is 64.7 cm³/mol. The number of rotatable bonds is 0. The third kappa shape index (κ3) is 9.51. The summed E-state index contributed by atoms with van der Waals surface area (Å²) in [6.07, 6.45) is 30.0. The molecule has 0 aromatic rings. The van der Waals surface area contributed by atoms with Gasteiger partial charge in [-0.1, -0.05) is 0 Å². The molecule has 83 valence electrons. The zero-order chi connectivity index (χ0) is 10.6. The normalized spacial score (nSPS) is 16.5. The molecule has 0 nitrogen and oxygen atoms in total. The van der Waals surface area contributed by atoms with Gasteiger partial charge in [-0.3, -0.25) is 18.2 Å². The van der Waals surface area contributed by atoms with E-state index in [1.54, 1.807) is 0 Å². The summed E-state index contributed by atoms with van der Waals surface area (Å²) >= 11 is 0. The average Bonchev–Trinajstić information content (AvgIpc) is 3.09. The van der Waals surface area contributed by atoms with E-state index < -0.39 is 0 Å². The maximum absolute atomic E-state index is 2.99. The Labute approximate surface area is 109 Å². The summed E-state index contributed by atoms with van der Waals surface area (Å²) in [4.78, 5) is 0. The summed E-state index contributed by atoms with van der Waals surface area (Å²) in [6.45, 7) is 0. The molecule has 0 saturated carbocycles. The van der Waals surface area contributed by atoms with E-state index in [9.17, 15) is 0 Å². The number of allylic oxidation sites excluding steroid dienone is 12. The van der Waals surface area contributed by atoms with Crippen molar-refractivity contribution in [3.63, 3.8) is 0 Å². The van der Waals surface area contributed by atoms with Gasteiger partial charge >= 0.3 is 17.1 Å². The molecule has 0 aromatic carbocycles. The molecular weight excluding hydrogens is 236 g/mol. The van der Waals surface area contributed by atoms with Crippen molar-refractivity contribution in [2.24, 2.45) is 0 Å². The van der Waals surface area contributed by atoms with Gasteiger partial charge in [-0.25, -0.2) is 36.5 Å². The second-order valence-corrected chi connectivity index (χ2v) is 3.01. The molecule has 0 aromatic heterocycles. The zero-order valence-electron chi connectivity index (χ0n) is 9.17. The summed E-state index contributed by atoms with van der Waals surface area (Å²) in [5.74, 6) is 0. The van der Waals surface area contributed by atoms with Gasteiger partial charge in [0.1, 0.15) is 0 Å². The first kappa shape index (κ1) is 15.0. The van der Waals surface area contributed by atoms with Crippen LogP contribution < -0.4 is 0 Å². The summed E-state index contributed by atoms with van der Waals surface area (Å²) in [6, 6.07) is 0. The second-order valence-electron chi connectivity index (χ2n) is 3.01. The number of hydrogen-bond donors (Lipinski definition) is 0. The van der Waals surface area contributed by atoms with Gasteiger partial charge in [0.15, 0.2) is 0 Å². The maximum Gasteiger partial charge on any atom is 3.00 e. The Bertz CT molecular complexity index is 232. The van der Waals surface area contributed by atoms with E-state index >= 15 is 0 Å². The van der Waals surface area contributed by atoms with Crippen molar-refractivity contribution >= 4 is 0 Å². The van der Waals surface area contributed by atoms with Crippen LogP contribution in [-0.2, 0) is 17.1 Å². The fourth-order valence-corrected chi connectivity index (χ4v) is 1.02. The van der Waals surface area contributed by atoms with Crippen molar-refractivity contribution in [1.29, 1.82) is 0 Å². The largest absolute Gasteiger partial charge is 3.00 e. The third-order valence-corrected chi connectivity index (χ3v) is 1.76. The molecule has 16 heavy (non-hydrogen) atoms. The summed E-state index contributed by atoms with van der Waals surface area (Å²) < 4.78 is 0. The average molecular weight is 251 g/mol. The molecule has 3 aliphatic rings. The van der Waals surface area contributed by atoms with Crippen molar-refractivity contribution in [1.82, 2.24) is 0 Å². The summed E-state index contributed by atoms with van der Waals surface area (Å²) in [5, 5.41) is 0. The molecule has 0 fully saturated rings. The SMILES string of the molecule is [C-]1=CC=CC1.[C-]1=CC=CC1.[C-]1=CC=CC1.[Fe+3]. The Morgan fingerprint density at radius 2 is 0.875 bits per heavy atom. The number of hydrogen-bond acceptors (Lipinski definition) is 0. The standard InChI is InChI=1S/3C5H5.Fe/c3*1-2-4-5-3-1;/h3*1-3H,4H2;/q3*-1;+3. The zero-order valence-corrected chi connectivity index (χ0v) is 10.3. The van der Waals surface area contributed by atoms with Gasteiger partial charge in [-0.2, -0.15) is 18.2 Å². The van der Waals surface area contributed by atoms with Gasteiger partial charge < -0.3 is 0 Å². The molecular formula is C15H15Fe. The molecule has 3 rings (SSSR count). The van der Waals surface area contributed by atoms with Crippen LogP contribution in [0.15, 0.2) is 54.7 Å². The first-order valence-electron chi connectivity index (χ1n) is 5.15. The monoisotopic (exact) mass is 251 g/mol. The van der Waals surface area contributed by atoms with Gasteiger partial charge in [0.05, 0.1) is 0 Å². The molecule has 0 aliphatic heterocycles. The van der Waals surface area contributed by atoms with Crippen LogP contribution in [0.25, 0.3) is 0 Å². The van der Waals surface area contributed by atoms with Crippen LogP contribution in [0.4, 0.5) is 0 Å². The van der Waals surface area contributed by atoms with Gasteiger partial charge in [0.2, 0.25) is 0 Å². The molecule has 0 heterocycles. The Balaban J connectivity index is 0.000000205. The molecule has 3 aliphatic carbocycles. The van der Waals surface area contributed by atoms with E-state index in [2.05, 4.69) is 36.5 Å². The van der Waals surface area contributed by atoms with E-state index in [1.165, 1.54) is 0 Å². The van der Waals surface area contributed by atoms with E-state index in [0.29, 0.717) is 0 Å². The van der Waals surface area contributed by atoms with Gasteiger partial charge in [-0.15, -0.1) is 19.3 Å². The van der Waals surface area contributed by atoms with Crippen LogP contribution >= 0.6 is 0 Å². The molecule has 0 spiro atoms. The van der Waals surface area contributed by atoms with Crippen molar-refractivity contribution < 1.29 is 17.1 Å². The fraction of sp³-hybridized carbons (Fsp3) is 0.200. The Kier molecular flexibility index (Phi) is 11.2. The van der Waals surface area contributed by atoms with Gasteiger partial charge in [0, 0.05) is 0 Å². The van der Waals surface area contributed by atoms with Crippen LogP contribution in [0.3, 0.4) is 0 Å². The van der Waals surface area contributed by atoms with Gasteiger partial charge in [0.25, 0.3) is 0 Å². The molecule has 0 saturated heterocycles. The van der Waals surface area contributed by atoms with E-state index in [-0.39, 0.29) is 17.1 Å². The molecule has 0 N–H and O–H groups in total. The minimum absolute atomic E-state index is 0. The first-order chi connectivity index (χ1) is 7.50. The van der Waals surface area contributed by atoms with Crippen molar-refractivity contribution in [2.75, 3.05) is 0 Å². The van der Waals surface area contributed by atoms with Crippen molar-refractivity contribution in [3.05, 3.63) is 72.9 Å². The molecule has 0 bridgehead atoms. The minimum atomic E-state index is 0. The Hall–Kier alpha value is -1.04. The molecule has 0 amide bonds. The van der Waals surface area contributed by atoms with Crippen LogP contribution in [0, 0.1) is 18.2 Å². The molecule has 1 heteroatoms. The van der Waals surface area contributed by atoms with Crippen LogP contribution in [0.2, 0.25) is 0 Å². The maximum atomic E-state index is 2.99. The van der Waals surface area contributed by atoms with Gasteiger partial charge in [-0.05, 0) is 0 Å². The van der Waals surface area contributed by atoms with Crippen LogP contribution in [0.1, 0.15) is 19.3 Å². The van der Waals surface area contributed by atoms with E-state index in [0.717, 1.165) is 19.3 Å². The first-order valence-corrected chi connectivity index (χ1v) is 5.15. The smallest absolute Gasteiger partial charge is 0.273 e. The van der Waals surface area contributed by atoms with Crippen LogP contribution in [-0.4, -0.2) is 0 Å². The minimum Gasteiger partial charge on any atom is -0.273 e. The Morgan fingerprint density at radius 1 is 0.562 bits per heavy atom. The second kappa shape index (κ2) is 12.0. The quantitative estimate of drug-likeness (QED) is 0.452. The molecule has 1 radical (unpaired) electrons. The fourth-order valence-electron chi connectivity index (χ4n) is 1.02. The third-order valence-electron chi connectivity index (χ3n) is 1.76. The predicted octanol–water partition coefficient (Wildman–Crippen LogP) is 3.91. The van der Waals surface area contributed by atoms with Crippen LogP contribution in [0.5, 0.6) is 0 Å². The summed E-state index contributed by atoms with van der Waals surface area (Å²) in [7, 11) is 0. The summed E-state index contributed by atoms with van der Waals surface area (Å²) in [5.41, 5.74) is 0. The topological polar surface area (TPSA) is 0 Å². The van der Waals surface area contributed by atoms with E-state index in [4.69, 9.17) is 0 Å². The van der Waals surface area contributed by atoms with Crippen molar-refractivity contribution in [3.8, 4) is 0 Å². The van der Waals surface area contributed by atoms with Crippen molar-refractivity contribution in [2.45, 2.75) is 19.3 Å². The molecule has 0 atom stereocenters. The van der Waals surface area contributed by atoms with E-state index in [1.807, 2.05) is 36.5 Å².